The normalized spacial score (nSPS) is 12.4. The van der Waals surface area contributed by atoms with E-state index in [4.69, 9.17) is 21.1 Å². The average Bonchev–Trinajstić information content (AvgIpc) is 2.38. The summed E-state index contributed by atoms with van der Waals surface area (Å²) in [5.74, 6) is 2.12. The summed E-state index contributed by atoms with van der Waals surface area (Å²) in [6.45, 7) is 0.811. The molecule has 1 atom stereocenters. The van der Waals surface area contributed by atoms with E-state index in [0.717, 1.165) is 31.6 Å². The first-order chi connectivity index (χ1) is 8.30. The summed E-state index contributed by atoms with van der Waals surface area (Å²) in [5, 5.41) is 0. The molecule has 1 aromatic rings. The molecule has 1 rings (SSSR count). The fourth-order valence-electron chi connectivity index (χ4n) is 1.88. The summed E-state index contributed by atoms with van der Waals surface area (Å²) in [7, 11) is 3.43. The van der Waals surface area contributed by atoms with Crippen LogP contribution < -0.4 is 4.74 Å². The Morgan fingerprint density at radius 1 is 1.29 bits per heavy atom. The van der Waals surface area contributed by atoms with Gasteiger partial charge in [0.2, 0.25) is 0 Å². The molecule has 0 N–H and O–H groups in total. The van der Waals surface area contributed by atoms with Crippen LogP contribution in [0.4, 0.5) is 0 Å². The highest BCUT2D eigenvalue weighted by Gasteiger charge is 2.09. The molecule has 17 heavy (non-hydrogen) atoms. The van der Waals surface area contributed by atoms with Crippen LogP contribution in [0.3, 0.4) is 0 Å². The lowest BCUT2D eigenvalue weighted by molar-refractivity contribution is 0.188. The second-order valence-corrected chi connectivity index (χ2v) is 4.52. The van der Waals surface area contributed by atoms with E-state index in [9.17, 15) is 0 Å². The summed E-state index contributed by atoms with van der Waals surface area (Å²) in [6.07, 6.45) is 3.18. The van der Waals surface area contributed by atoms with E-state index in [0.29, 0.717) is 11.8 Å². The molecule has 0 aliphatic rings. The molecular weight excluding hydrogens is 236 g/mol. The van der Waals surface area contributed by atoms with Gasteiger partial charge in [-0.05, 0) is 42.9 Å². The van der Waals surface area contributed by atoms with E-state index in [1.807, 2.05) is 12.1 Å². The maximum Gasteiger partial charge on any atom is 0.119 e. The second-order valence-electron chi connectivity index (χ2n) is 4.21. The molecule has 0 fully saturated rings. The second kappa shape index (κ2) is 8.37. The Bertz CT molecular complexity index is 315. The standard InChI is InChI=1S/C14H21ClO2/c1-16-8-4-6-13(11-15)9-12-5-3-7-14(10-12)17-2/h3,5,7,10,13H,4,6,8-9,11H2,1-2H3. The van der Waals surface area contributed by atoms with Crippen LogP contribution in [-0.4, -0.2) is 26.7 Å². The number of hydrogen-bond acceptors (Lipinski definition) is 2. The molecule has 0 aliphatic carbocycles. The van der Waals surface area contributed by atoms with E-state index in [1.165, 1.54) is 5.56 Å². The van der Waals surface area contributed by atoms with Crippen LogP contribution in [0, 0.1) is 5.92 Å². The minimum Gasteiger partial charge on any atom is -0.497 e. The predicted molar refractivity (Wildman–Crippen MR) is 72.0 cm³/mol. The number of rotatable bonds is 8. The van der Waals surface area contributed by atoms with Gasteiger partial charge in [0.25, 0.3) is 0 Å². The van der Waals surface area contributed by atoms with Crippen molar-refractivity contribution in [3.8, 4) is 5.75 Å². The monoisotopic (exact) mass is 256 g/mol. The maximum atomic E-state index is 6.00. The molecule has 0 spiro atoms. The Morgan fingerprint density at radius 3 is 2.76 bits per heavy atom. The number of benzene rings is 1. The van der Waals surface area contributed by atoms with Gasteiger partial charge in [0.15, 0.2) is 0 Å². The van der Waals surface area contributed by atoms with Crippen LogP contribution in [-0.2, 0) is 11.2 Å². The molecule has 96 valence electrons. The Hall–Kier alpha value is -0.730. The van der Waals surface area contributed by atoms with Gasteiger partial charge in [0, 0.05) is 19.6 Å². The summed E-state index contributed by atoms with van der Waals surface area (Å²) >= 11 is 6.00. The van der Waals surface area contributed by atoms with Crippen molar-refractivity contribution in [1.29, 1.82) is 0 Å². The summed E-state index contributed by atoms with van der Waals surface area (Å²) in [4.78, 5) is 0. The highest BCUT2D eigenvalue weighted by molar-refractivity contribution is 6.18. The fraction of sp³-hybridized carbons (Fsp3) is 0.571. The number of ether oxygens (including phenoxy) is 2. The average molecular weight is 257 g/mol. The van der Waals surface area contributed by atoms with E-state index >= 15 is 0 Å². The molecule has 0 radical (unpaired) electrons. The van der Waals surface area contributed by atoms with Crippen molar-refractivity contribution in [3.63, 3.8) is 0 Å². The SMILES string of the molecule is COCCCC(CCl)Cc1cccc(OC)c1. The Kier molecular flexibility index (Phi) is 7.06. The minimum atomic E-state index is 0.513. The van der Waals surface area contributed by atoms with Gasteiger partial charge in [0.05, 0.1) is 7.11 Å². The van der Waals surface area contributed by atoms with Crippen molar-refractivity contribution in [3.05, 3.63) is 29.8 Å². The van der Waals surface area contributed by atoms with E-state index < -0.39 is 0 Å². The Morgan fingerprint density at radius 2 is 2.12 bits per heavy atom. The molecular formula is C14H21ClO2. The molecule has 0 aromatic heterocycles. The molecule has 0 bridgehead atoms. The summed E-state index contributed by atoms with van der Waals surface area (Å²) < 4.78 is 10.3. The predicted octanol–water partition coefficient (Wildman–Crippen LogP) is 3.52. The van der Waals surface area contributed by atoms with Gasteiger partial charge < -0.3 is 9.47 Å². The van der Waals surface area contributed by atoms with Crippen LogP contribution >= 0.6 is 11.6 Å². The van der Waals surface area contributed by atoms with Crippen molar-refractivity contribution >= 4 is 11.6 Å². The zero-order chi connectivity index (χ0) is 12.5. The number of hydrogen-bond donors (Lipinski definition) is 0. The van der Waals surface area contributed by atoms with Crippen molar-refractivity contribution in [2.45, 2.75) is 19.3 Å². The van der Waals surface area contributed by atoms with Crippen LogP contribution in [0.5, 0.6) is 5.75 Å². The van der Waals surface area contributed by atoms with E-state index in [-0.39, 0.29) is 0 Å². The maximum absolute atomic E-state index is 6.00. The van der Waals surface area contributed by atoms with Crippen molar-refractivity contribution in [2.75, 3.05) is 26.7 Å². The Balaban J connectivity index is 2.48. The summed E-state index contributed by atoms with van der Waals surface area (Å²) in [5.41, 5.74) is 1.28. The highest BCUT2D eigenvalue weighted by Crippen LogP contribution is 2.19. The molecule has 0 aliphatic heterocycles. The zero-order valence-electron chi connectivity index (χ0n) is 10.6. The lowest BCUT2D eigenvalue weighted by atomic mass is 9.96. The molecule has 1 unspecified atom stereocenters. The molecule has 2 nitrogen and oxygen atoms in total. The number of methoxy groups -OCH3 is 2. The van der Waals surface area contributed by atoms with Crippen molar-refractivity contribution in [1.82, 2.24) is 0 Å². The quantitative estimate of drug-likeness (QED) is 0.523. The molecule has 3 heteroatoms. The molecule has 0 saturated heterocycles. The zero-order valence-corrected chi connectivity index (χ0v) is 11.4. The van der Waals surface area contributed by atoms with Crippen LogP contribution in [0.2, 0.25) is 0 Å². The minimum absolute atomic E-state index is 0.513. The van der Waals surface area contributed by atoms with Crippen LogP contribution in [0.1, 0.15) is 18.4 Å². The summed E-state index contributed by atoms with van der Waals surface area (Å²) in [6, 6.07) is 8.19. The van der Waals surface area contributed by atoms with Gasteiger partial charge in [-0.25, -0.2) is 0 Å². The topological polar surface area (TPSA) is 18.5 Å². The van der Waals surface area contributed by atoms with Gasteiger partial charge in [-0.1, -0.05) is 12.1 Å². The Labute approximate surface area is 109 Å². The number of alkyl halides is 1. The van der Waals surface area contributed by atoms with Gasteiger partial charge >= 0.3 is 0 Å². The van der Waals surface area contributed by atoms with Gasteiger partial charge in [-0.15, -0.1) is 11.6 Å². The van der Waals surface area contributed by atoms with Crippen LogP contribution in [0.25, 0.3) is 0 Å². The third kappa shape index (κ3) is 5.42. The van der Waals surface area contributed by atoms with Gasteiger partial charge in [-0.3, -0.25) is 0 Å². The van der Waals surface area contributed by atoms with E-state index in [1.54, 1.807) is 14.2 Å². The smallest absolute Gasteiger partial charge is 0.119 e. The van der Waals surface area contributed by atoms with Gasteiger partial charge in [-0.2, -0.15) is 0 Å². The third-order valence-electron chi connectivity index (χ3n) is 2.84. The molecule has 0 saturated carbocycles. The highest BCUT2D eigenvalue weighted by atomic mass is 35.5. The van der Waals surface area contributed by atoms with E-state index in [2.05, 4.69) is 12.1 Å². The lowest BCUT2D eigenvalue weighted by Crippen LogP contribution is -2.08. The third-order valence-corrected chi connectivity index (χ3v) is 3.27. The van der Waals surface area contributed by atoms with Crippen LogP contribution in [0.15, 0.2) is 24.3 Å². The first-order valence-corrected chi connectivity index (χ1v) is 6.51. The first-order valence-electron chi connectivity index (χ1n) is 5.98. The van der Waals surface area contributed by atoms with Crippen molar-refractivity contribution < 1.29 is 9.47 Å². The van der Waals surface area contributed by atoms with Crippen molar-refractivity contribution in [2.24, 2.45) is 5.92 Å². The molecule has 1 aromatic carbocycles. The molecule has 0 heterocycles. The largest absolute Gasteiger partial charge is 0.497 e. The lowest BCUT2D eigenvalue weighted by Gasteiger charge is -2.14. The molecule has 0 amide bonds. The first kappa shape index (κ1) is 14.3. The fourth-order valence-corrected chi connectivity index (χ4v) is 2.15. The van der Waals surface area contributed by atoms with Gasteiger partial charge in [0.1, 0.15) is 5.75 Å². The number of halogens is 1.